The molecule has 0 radical (unpaired) electrons. The van der Waals surface area contributed by atoms with Crippen molar-refractivity contribution >= 4 is 27.5 Å². The fraction of sp³-hybridized carbons (Fsp3) is 0.467. The zero-order chi connectivity index (χ0) is 12.9. The van der Waals surface area contributed by atoms with E-state index in [1.807, 2.05) is 25.1 Å². The highest BCUT2D eigenvalue weighted by molar-refractivity contribution is 9.10. The Morgan fingerprint density at radius 3 is 2.83 bits per heavy atom. The number of halogens is 1. The van der Waals surface area contributed by atoms with Crippen molar-refractivity contribution in [1.29, 1.82) is 0 Å². The van der Waals surface area contributed by atoms with E-state index in [0.717, 1.165) is 34.9 Å². The summed E-state index contributed by atoms with van der Waals surface area (Å²) in [7, 11) is 0. The van der Waals surface area contributed by atoms with E-state index in [1.165, 1.54) is 0 Å². The van der Waals surface area contributed by atoms with Crippen molar-refractivity contribution in [3.05, 3.63) is 33.8 Å². The van der Waals surface area contributed by atoms with Crippen molar-refractivity contribution in [3.63, 3.8) is 0 Å². The van der Waals surface area contributed by atoms with Crippen LogP contribution in [0.1, 0.15) is 42.1 Å². The zero-order valence-electron chi connectivity index (χ0n) is 10.3. The average molecular weight is 307 g/mol. The fourth-order valence-electron chi connectivity index (χ4n) is 3.42. The van der Waals surface area contributed by atoms with Crippen LogP contribution in [-0.4, -0.2) is 11.6 Å². The van der Waals surface area contributed by atoms with Crippen LogP contribution < -0.4 is 0 Å². The van der Waals surface area contributed by atoms with Crippen molar-refractivity contribution in [2.45, 2.75) is 32.6 Å². The third kappa shape index (κ3) is 1.68. The second-order valence-electron chi connectivity index (χ2n) is 5.66. The van der Waals surface area contributed by atoms with Crippen LogP contribution in [0.2, 0.25) is 0 Å². The van der Waals surface area contributed by atoms with Gasteiger partial charge in [-0.25, -0.2) is 0 Å². The Morgan fingerprint density at radius 1 is 1.33 bits per heavy atom. The first kappa shape index (κ1) is 12.1. The number of hydrogen-bond donors (Lipinski definition) is 0. The average Bonchev–Trinajstić information content (AvgIpc) is 2.59. The lowest BCUT2D eigenvalue weighted by Crippen LogP contribution is -2.37. The number of carbonyl (C=O) groups is 2. The molecule has 0 N–H and O–H groups in total. The second kappa shape index (κ2) is 4.02. The smallest absolute Gasteiger partial charge is 0.169 e. The first-order valence-electron chi connectivity index (χ1n) is 6.38. The third-order valence-corrected chi connectivity index (χ3v) is 4.92. The van der Waals surface area contributed by atoms with Crippen LogP contribution in [0.3, 0.4) is 0 Å². The minimum Gasteiger partial charge on any atom is -0.299 e. The van der Waals surface area contributed by atoms with E-state index in [1.54, 1.807) is 0 Å². The number of carbonyl (C=O) groups excluding carboxylic acids is 2. The monoisotopic (exact) mass is 306 g/mol. The molecular weight excluding hydrogens is 292 g/mol. The molecule has 0 heterocycles. The molecule has 0 bridgehead atoms. The first-order valence-corrected chi connectivity index (χ1v) is 7.17. The minimum absolute atomic E-state index is 0.0282. The van der Waals surface area contributed by atoms with Gasteiger partial charge in [0.15, 0.2) is 5.78 Å². The van der Waals surface area contributed by atoms with Crippen LogP contribution in [0.4, 0.5) is 0 Å². The van der Waals surface area contributed by atoms with Crippen molar-refractivity contribution < 1.29 is 9.59 Å². The molecule has 18 heavy (non-hydrogen) atoms. The highest BCUT2D eigenvalue weighted by Crippen LogP contribution is 2.48. The molecule has 0 saturated heterocycles. The van der Waals surface area contributed by atoms with Crippen LogP contribution in [0.25, 0.3) is 0 Å². The molecule has 1 aromatic carbocycles. The van der Waals surface area contributed by atoms with E-state index in [0.29, 0.717) is 12.2 Å². The van der Waals surface area contributed by atoms with Gasteiger partial charge in [-0.1, -0.05) is 28.9 Å². The van der Waals surface area contributed by atoms with Gasteiger partial charge in [0.05, 0.1) is 0 Å². The molecule has 1 saturated carbocycles. The summed E-state index contributed by atoms with van der Waals surface area (Å²) in [5.74, 6) is 0.587. The Hall–Kier alpha value is -0.960. The summed E-state index contributed by atoms with van der Waals surface area (Å²) in [4.78, 5) is 24.3. The Kier molecular flexibility index (Phi) is 2.70. The van der Waals surface area contributed by atoms with Crippen molar-refractivity contribution in [1.82, 2.24) is 0 Å². The molecule has 1 spiro atoms. The molecule has 2 aliphatic rings. The predicted octanol–water partition coefficient (Wildman–Crippen LogP) is 3.56. The van der Waals surface area contributed by atoms with Gasteiger partial charge in [-0.2, -0.15) is 0 Å². The number of ketones is 2. The summed E-state index contributed by atoms with van der Waals surface area (Å²) in [5.41, 5.74) is 1.70. The summed E-state index contributed by atoms with van der Waals surface area (Å²) in [6, 6.07) is 5.95. The summed E-state index contributed by atoms with van der Waals surface area (Å²) in [6.45, 7) is 1.95. The lowest BCUT2D eigenvalue weighted by atomic mass is 9.67. The third-order valence-electron chi connectivity index (χ3n) is 4.42. The SMILES string of the molecule is C[C@H]1CC2(CCC1=O)Cc1ccc(Br)cc1C2=O. The first-order chi connectivity index (χ1) is 8.52. The lowest BCUT2D eigenvalue weighted by molar-refractivity contribution is -0.125. The van der Waals surface area contributed by atoms with Crippen LogP contribution in [0.5, 0.6) is 0 Å². The van der Waals surface area contributed by atoms with Gasteiger partial charge in [0.25, 0.3) is 0 Å². The molecule has 2 atom stereocenters. The van der Waals surface area contributed by atoms with Gasteiger partial charge in [-0.05, 0) is 37.0 Å². The quantitative estimate of drug-likeness (QED) is 0.734. The van der Waals surface area contributed by atoms with E-state index in [4.69, 9.17) is 0 Å². The number of fused-ring (bicyclic) bond motifs is 1. The van der Waals surface area contributed by atoms with Crippen LogP contribution in [0, 0.1) is 11.3 Å². The maximum atomic E-state index is 12.6. The molecule has 3 rings (SSSR count). The number of hydrogen-bond acceptors (Lipinski definition) is 2. The van der Waals surface area contributed by atoms with Gasteiger partial charge in [0.2, 0.25) is 0 Å². The maximum absolute atomic E-state index is 12.6. The molecular formula is C15H15BrO2. The Labute approximate surface area is 115 Å². The Balaban J connectivity index is 1.99. The topological polar surface area (TPSA) is 34.1 Å². The van der Waals surface area contributed by atoms with Crippen molar-refractivity contribution in [3.8, 4) is 0 Å². The van der Waals surface area contributed by atoms with E-state index < -0.39 is 0 Å². The Bertz CT molecular complexity index is 549. The normalized spacial score (nSPS) is 30.9. The number of rotatable bonds is 0. The van der Waals surface area contributed by atoms with Gasteiger partial charge in [-0.15, -0.1) is 0 Å². The maximum Gasteiger partial charge on any atom is 0.169 e. The van der Waals surface area contributed by atoms with Gasteiger partial charge < -0.3 is 0 Å². The molecule has 3 heteroatoms. The van der Waals surface area contributed by atoms with Gasteiger partial charge >= 0.3 is 0 Å². The molecule has 0 amide bonds. The van der Waals surface area contributed by atoms with E-state index in [2.05, 4.69) is 15.9 Å². The van der Waals surface area contributed by atoms with Crippen LogP contribution in [0.15, 0.2) is 22.7 Å². The van der Waals surface area contributed by atoms with Gasteiger partial charge in [0.1, 0.15) is 5.78 Å². The predicted molar refractivity (Wildman–Crippen MR) is 72.6 cm³/mol. The molecule has 0 aromatic heterocycles. The van der Waals surface area contributed by atoms with Crippen molar-refractivity contribution in [2.75, 3.05) is 0 Å². The fourth-order valence-corrected chi connectivity index (χ4v) is 3.78. The molecule has 1 unspecified atom stereocenters. The Morgan fingerprint density at radius 2 is 2.11 bits per heavy atom. The van der Waals surface area contributed by atoms with Crippen molar-refractivity contribution in [2.24, 2.45) is 11.3 Å². The molecule has 2 aliphatic carbocycles. The summed E-state index contributed by atoms with van der Waals surface area (Å²) in [6.07, 6.45) is 2.81. The number of Topliss-reactive ketones (excluding diaryl/α,β-unsaturated/α-hetero) is 2. The second-order valence-corrected chi connectivity index (χ2v) is 6.57. The van der Waals surface area contributed by atoms with E-state index in [9.17, 15) is 9.59 Å². The van der Waals surface area contributed by atoms with E-state index >= 15 is 0 Å². The number of benzene rings is 1. The summed E-state index contributed by atoms with van der Waals surface area (Å²) >= 11 is 3.42. The largest absolute Gasteiger partial charge is 0.299 e. The highest BCUT2D eigenvalue weighted by atomic mass is 79.9. The molecule has 94 valence electrons. The minimum atomic E-state index is -0.295. The van der Waals surface area contributed by atoms with Gasteiger partial charge in [-0.3, -0.25) is 9.59 Å². The van der Waals surface area contributed by atoms with Crippen LogP contribution >= 0.6 is 15.9 Å². The summed E-state index contributed by atoms with van der Waals surface area (Å²) < 4.78 is 0.951. The van der Waals surface area contributed by atoms with Gasteiger partial charge in [0, 0.05) is 27.8 Å². The molecule has 1 fully saturated rings. The standard InChI is InChI=1S/C15H15BrO2/c1-9-7-15(5-4-13(9)17)8-10-2-3-11(16)6-12(10)14(15)18/h2-3,6,9H,4-5,7-8H2,1H3/t9-,15?/m0/s1. The molecule has 0 aliphatic heterocycles. The molecule has 1 aromatic rings. The van der Waals surface area contributed by atoms with Crippen LogP contribution in [-0.2, 0) is 11.2 Å². The van der Waals surface area contributed by atoms with E-state index in [-0.39, 0.29) is 17.1 Å². The lowest BCUT2D eigenvalue weighted by Gasteiger charge is -2.34. The molecule has 2 nitrogen and oxygen atoms in total. The zero-order valence-corrected chi connectivity index (χ0v) is 11.9. The highest BCUT2D eigenvalue weighted by Gasteiger charge is 2.49. The summed E-state index contributed by atoms with van der Waals surface area (Å²) in [5, 5.41) is 0.